The minimum absolute atomic E-state index is 0.0326. The third kappa shape index (κ3) is 4.26. The van der Waals surface area contributed by atoms with Crippen molar-refractivity contribution >= 4 is 34.3 Å². The Labute approximate surface area is 254 Å². The van der Waals surface area contributed by atoms with E-state index in [-0.39, 0.29) is 35.5 Å². The van der Waals surface area contributed by atoms with Crippen LogP contribution in [-0.2, 0) is 11.3 Å². The molecule has 2 bridgehead atoms. The van der Waals surface area contributed by atoms with Crippen LogP contribution in [0.3, 0.4) is 0 Å². The Hall–Kier alpha value is -4.43. The van der Waals surface area contributed by atoms with Crippen LogP contribution in [0.1, 0.15) is 49.7 Å². The lowest BCUT2D eigenvalue weighted by atomic mass is 9.95. The standard InChI is InChI=1S/C33H34FN7O3/c1-2-26-27(34)8-5-21-13-25(43)14-22(28(21)26)15-39-19-35-29-30(39)36-32(38-16-23-6-7-24(17-38)41(23)20-42)37-31(29)44-18-33-9-3-11-40(33)12-4-10-33/h1,5,8,13-14,19-20,23-24,43H,3-4,6-7,9-12,15-18H2. The van der Waals surface area contributed by atoms with Crippen molar-refractivity contribution in [3.63, 3.8) is 0 Å². The molecule has 2 unspecified atom stereocenters. The lowest BCUT2D eigenvalue weighted by Crippen LogP contribution is -2.53. The number of ether oxygens (including phenoxy) is 1. The normalized spacial score (nSPS) is 22.5. The number of rotatable bonds is 7. The van der Waals surface area contributed by atoms with Crippen LogP contribution in [0, 0.1) is 18.2 Å². The fourth-order valence-corrected chi connectivity index (χ4v) is 8.16. The molecule has 0 radical (unpaired) electrons. The summed E-state index contributed by atoms with van der Waals surface area (Å²) in [5, 5.41) is 11.8. The van der Waals surface area contributed by atoms with E-state index in [4.69, 9.17) is 26.1 Å². The Bertz CT molecular complexity index is 1810. The van der Waals surface area contributed by atoms with Crippen molar-refractivity contribution < 1.29 is 19.0 Å². The maximum atomic E-state index is 14.8. The Morgan fingerprint density at radius 2 is 1.91 bits per heavy atom. The van der Waals surface area contributed by atoms with E-state index in [9.17, 15) is 14.3 Å². The number of hydrogen-bond acceptors (Lipinski definition) is 8. The Balaban J connectivity index is 1.21. The third-order valence-corrected chi connectivity index (χ3v) is 10.3. The van der Waals surface area contributed by atoms with E-state index in [0.717, 1.165) is 45.2 Å². The molecule has 4 aromatic rings. The molecule has 2 aromatic heterocycles. The number of halogens is 1. The average molecular weight is 596 g/mol. The number of phenolic OH excluding ortho intramolecular Hbond substituents is 1. The van der Waals surface area contributed by atoms with Crippen molar-refractivity contribution in [2.75, 3.05) is 37.7 Å². The van der Waals surface area contributed by atoms with Gasteiger partial charge in [-0.05, 0) is 80.8 Å². The van der Waals surface area contributed by atoms with E-state index in [1.807, 2.05) is 9.47 Å². The first kappa shape index (κ1) is 27.1. The van der Waals surface area contributed by atoms with Gasteiger partial charge in [0.1, 0.15) is 18.2 Å². The monoisotopic (exact) mass is 595 g/mol. The van der Waals surface area contributed by atoms with Crippen LogP contribution in [0.5, 0.6) is 11.6 Å². The summed E-state index contributed by atoms with van der Waals surface area (Å²) in [7, 11) is 0. The van der Waals surface area contributed by atoms with Gasteiger partial charge in [0, 0.05) is 30.6 Å². The maximum absolute atomic E-state index is 14.8. The number of fused-ring (bicyclic) bond motifs is 5. The zero-order valence-corrected chi connectivity index (χ0v) is 24.5. The molecule has 2 atom stereocenters. The molecule has 0 aliphatic carbocycles. The van der Waals surface area contributed by atoms with Crippen LogP contribution >= 0.6 is 0 Å². The van der Waals surface area contributed by atoms with Crippen LogP contribution in [0.25, 0.3) is 21.9 Å². The van der Waals surface area contributed by atoms with E-state index in [0.29, 0.717) is 59.0 Å². The van der Waals surface area contributed by atoms with Gasteiger partial charge in [-0.15, -0.1) is 6.42 Å². The van der Waals surface area contributed by atoms with Crippen molar-refractivity contribution in [3.05, 3.63) is 47.5 Å². The zero-order valence-electron chi connectivity index (χ0n) is 24.5. The maximum Gasteiger partial charge on any atom is 0.247 e. The Morgan fingerprint density at radius 3 is 2.64 bits per heavy atom. The van der Waals surface area contributed by atoms with E-state index in [2.05, 4.69) is 15.7 Å². The summed E-state index contributed by atoms with van der Waals surface area (Å²) in [5.74, 6) is 3.05. The van der Waals surface area contributed by atoms with Crippen LogP contribution in [0.4, 0.5) is 10.3 Å². The van der Waals surface area contributed by atoms with Crippen molar-refractivity contribution in [2.24, 2.45) is 0 Å². The van der Waals surface area contributed by atoms with E-state index >= 15 is 0 Å². The number of carbonyl (C=O) groups excluding carboxylic acids is 1. The lowest BCUT2D eigenvalue weighted by molar-refractivity contribution is -0.121. The average Bonchev–Trinajstić information content (AvgIpc) is 3.77. The fraction of sp³-hybridized carbons (Fsp3) is 0.455. The molecule has 1 N–H and O–H groups in total. The highest BCUT2D eigenvalue weighted by molar-refractivity contribution is 5.92. The number of anilines is 1. The van der Waals surface area contributed by atoms with Crippen LogP contribution < -0.4 is 9.64 Å². The van der Waals surface area contributed by atoms with Gasteiger partial charge in [0.2, 0.25) is 18.2 Å². The van der Waals surface area contributed by atoms with Gasteiger partial charge in [0.15, 0.2) is 11.2 Å². The molecule has 0 spiro atoms. The molecule has 226 valence electrons. The number of aromatic nitrogens is 4. The molecule has 8 rings (SSSR count). The Kier molecular flexibility index (Phi) is 6.38. The largest absolute Gasteiger partial charge is 0.508 e. The predicted molar refractivity (Wildman–Crippen MR) is 163 cm³/mol. The summed E-state index contributed by atoms with van der Waals surface area (Å²) in [6.07, 6.45) is 14.9. The quantitative estimate of drug-likeness (QED) is 0.255. The lowest BCUT2D eigenvalue weighted by Gasteiger charge is -2.39. The van der Waals surface area contributed by atoms with E-state index in [1.165, 1.54) is 18.9 Å². The molecular weight excluding hydrogens is 561 g/mol. The molecule has 10 nitrogen and oxygen atoms in total. The summed E-state index contributed by atoms with van der Waals surface area (Å²) in [5.41, 5.74) is 1.97. The van der Waals surface area contributed by atoms with Crippen molar-refractivity contribution in [3.8, 4) is 24.0 Å². The van der Waals surface area contributed by atoms with Gasteiger partial charge in [0.05, 0.1) is 24.0 Å². The van der Waals surface area contributed by atoms with Gasteiger partial charge in [-0.25, -0.2) is 9.37 Å². The molecule has 44 heavy (non-hydrogen) atoms. The second-order valence-electron chi connectivity index (χ2n) is 12.7. The number of piperazine rings is 1. The molecule has 2 aromatic carbocycles. The topological polar surface area (TPSA) is 99.9 Å². The van der Waals surface area contributed by atoms with Gasteiger partial charge in [-0.1, -0.05) is 12.0 Å². The van der Waals surface area contributed by atoms with E-state index < -0.39 is 5.82 Å². The second-order valence-corrected chi connectivity index (χ2v) is 12.7. The summed E-state index contributed by atoms with van der Waals surface area (Å²) >= 11 is 0. The Morgan fingerprint density at radius 1 is 1.14 bits per heavy atom. The predicted octanol–water partition coefficient (Wildman–Crippen LogP) is 3.67. The van der Waals surface area contributed by atoms with Gasteiger partial charge < -0.3 is 24.2 Å². The van der Waals surface area contributed by atoms with Gasteiger partial charge in [-0.2, -0.15) is 9.97 Å². The fourth-order valence-electron chi connectivity index (χ4n) is 8.16. The zero-order chi connectivity index (χ0) is 30.0. The van der Waals surface area contributed by atoms with Gasteiger partial charge >= 0.3 is 0 Å². The van der Waals surface area contributed by atoms with Crippen LogP contribution in [0.15, 0.2) is 30.6 Å². The SMILES string of the molecule is C#Cc1c(F)ccc2cc(O)cc(Cn3cnc4c(OCC56CCCN5CCC6)nc(N5CC6CCC(C5)N6C=O)nc43)c12. The first-order valence-corrected chi connectivity index (χ1v) is 15.5. The molecule has 4 aliphatic heterocycles. The highest BCUT2D eigenvalue weighted by atomic mass is 19.1. The molecule has 6 heterocycles. The molecule has 1 amide bonds. The minimum Gasteiger partial charge on any atom is -0.508 e. The number of terminal acetylenes is 1. The van der Waals surface area contributed by atoms with Gasteiger partial charge in [0.25, 0.3) is 0 Å². The van der Waals surface area contributed by atoms with Gasteiger partial charge in [-0.3, -0.25) is 9.69 Å². The minimum atomic E-state index is -0.487. The summed E-state index contributed by atoms with van der Waals surface area (Å²) in [6.45, 7) is 4.28. The molecule has 4 aliphatic rings. The molecule has 4 fully saturated rings. The summed E-state index contributed by atoms with van der Waals surface area (Å²) < 4.78 is 23.2. The summed E-state index contributed by atoms with van der Waals surface area (Å²) in [6, 6.07) is 6.38. The molecule has 4 saturated heterocycles. The van der Waals surface area contributed by atoms with Crippen LogP contribution in [0.2, 0.25) is 0 Å². The molecule has 11 heteroatoms. The number of benzene rings is 2. The number of aromatic hydroxyl groups is 1. The summed E-state index contributed by atoms with van der Waals surface area (Å²) in [4.78, 5) is 33.0. The second kappa shape index (κ2) is 10.3. The number of nitrogens with zero attached hydrogens (tertiary/aromatic N) is 7. The number of amides is 1. The molecule has 0 saturated carbocycles. The third-order valence-electron chi connectivity index (χ3n) is 10.3. The van der Waals surface area contributed by atoms with E-state index in [1.54, 1.807) is 24.5 Å². The van der Waals surface area contributed by atoms with Crippen molar-refractivity contribution in [1.29, 1.82) is 0 Å². The number of carbonyl (C=O) groups is 1. The van der Waals surface area contributed by atoms with Crippen molar-refractivity contribution in [2.45, 2.75) is 62.7 Å². The first-order chi connectivity index (χ1) is 21.5. The number of hydrogen-bond donors (Lipinski definition) is 1. The number of imidazole rings is 1. The smallest absolute Gasteiger partial charge is 0.247 e. The highest BCUT2D eigenvalue weighted by Gasteiger charge is 2.45. The van der Waals surface area contributed by atoms with Crippen LogP contribution in [-0.4, -0.2) is 91.2 Å². The molecular formula is C33H34FN7O3. The highest BCUT2D eigenvalue weighted by Crippen LogP contribution is 2.40. The van der Waals surface area contributed by atoms with Crippen molar-refractivity contribution in [1.82, 2.24) is 29.3 Å². The first-order valence-electron chi connectivity index (χ1n) is 15.5. The number of phenols is 1.